The first-order chi connectivity index (χ1) is 9.97. The van der Waals surface area contributed by atoms with E-state index in [1.165, 1.54) is 0 Å². The lowest BCUT2D eigenvalue weighted by atomic mass is 10.1. The van der Waals surface area contributed by atoms with Gasteiger partial charge in [-0.15, -0.1) is 0 Å². The molecule has 0 aliphatic rings. The second kappa shape index (κ2) is 7.94. The second-order valence-electron chi connectivity index (χ2n) is 4.47. The smallest absolute Gasteiger partial charge is 0.264 e. The van der Waals surface area contributed by atoms with Crippen LogP contribution in [0.15, 0.2) is 30.4 Å². The zero-order valence-electron chi connectivity index (χ0n) is 12.5. The highest BCUT2D eigenvalue weighted by atomic mass is 16.5. The van der Waals surface area contributed by atoms with E-state index in [2.05, 4.69) is 17.4 Å². The summed E-state index contributed by atoms with van der Waals surface area (Å²) in [4.78, 5) is 22.8. The van der Waals surface area contributed by atoms with Crippen molar-refractivity contribution in [2.75, 3.05) is 14.2 Å². The number of hydrogen-bond donors (Lipinski definition) is 2. The molecule has 6 nitrogen and oxygen atoms in total. The minimum absolute atomic E-state index is 0.242. The van der Waals surface area contributed by atoms with E-state index < -0.39 is 5.91 Å². The normalized spacial score (nSPS) is 9.67. The summed E-state index contributed by atoms with van der Waals surface area (Å²) >= 11 is 0. The van der Waals surface area contributed by atoms with Gasteiger partial charge in [-0.2, -0.15) is 0 Å². The van der Waals surface area contributed by atoms with Crippen LogP contribution in [0.3, 0.4) is 0 Å². The molecule has 0 saturated carbocycles. The van der Waals surface area contributed by atoms with E-state index in [4.69, 9.17) is 9.47 Å². The molecule has 0 fully saturated rings. The second-order valence-corrected chi connectivity index (χ2v) is 4.47. The van der Waals surface area contributed by atoms with Crippen LogP contribution >= 0.6 is 0 Å². The maximum atomic E-state index is 11.6. The quantitative estimate of drug-likeness (QED) is 0.613. The van der Waals surface area contributed by atoms with E-state index in [1.807, 2.05) is 12.1 Å². The zero-order chi connectivity index (χ0) is 15.8. The van der Waals surface area contributed by atoms with Crippen LogP contribution in [0.2, 0.25) is 0 Å². The topological polar surface area (TPSA) is 76.7 Å². The van der Waals surface area contributed by atoms with Crippen LogP contribution in [0.4, 0.5) is 0 Å². The van der Waals surface area contributed by atoms with E-state index >= 15 is 0 Å². The van der Waals surface area contributed by atoms with E-state index in [1.54, 1.807) is 27.2 Å². The Morgan fingerprint density at radius 1 is 1.14 bits per heavy atom. The first kappa shape index (κ1) is 16.6. The number of benzene rings is 1. The fourth-order valence-corrected chi connectivity index (χ4v) is 1.59. The minimum Gasteiger partial charge on any atom is -0.493 e. The lowest BCUT2D eigenvalue weighted by Crippen LogP contribution is -2.41. The molecule has 0 saturated heterocycles. The van der Waals surface area contributed by atoms with Crippen molar-refractivity contribution < 1.29 is 19.1 Å². The molecule has 1 aromatic rings. The highest BCUT2D eigenvalue weighted by Crippen LogP contribution is 2.27. The van der Waals surface area contributed by atoms with Crippen molar-refractivity contribution in [3.05, 3.63) is 35.9 Å². The molecule has 2 amide bonds. The summed E-state index contributed by atoms with van der Waals surface area (Å²) in [7, 11) is 3.12. The molecule has 0 aliphatic carbocycles. The van der Waals surface area contributed by atoms with Gasteiger partial charge in [0.25, 0.3) is 5.91 Å². The molecule has 0 radical (unpaired) electrons. The van der Waals surface area contributed by atoms with Gasteiger partial charge < -0.3 is 9.47 Å². The molecule has 21 heavy (non-hydrogen) atoms. The van der Waals surface area contributed by atoms with E-state index in [-0.39, 0.29) is 12.3 Å². The summed E-state index contributed by atoms with van der Waals surface area (Å²) in [5, 5.41) is 0. The lowest BCUT2D eigenvalue weighted by molar-refractivity contribution is -0.127. The Morgan fingerprint density at radius 3 is 2.38 bits per heavy atom. The predicted octanol–water partition coefficient (Wildman–Crippen LogP) is 1.36. The Bertz CT molecular complexity index is 540. The number of ether oxygens (including phenoxy) is 2. The Kier molecular flexibility index (Phi) is 6.26. The van der Waals surface area contributed by atoms with Crippen LogP contribution < -0.4 is 20.3 Å². The molecule has 0 spiro atoms. The fourth-order valence-electron chi connectivity index (χ4n) is 1.59. The average Bonchev–Trinajstić information content (AvgIpc) is 2.49. The molecule has 0 bridgehead atoms. The molecular formula is C15H20N2O4. The molecule has 2 N–H and O–H groups in total. The number of hydrazine groups is 1. The summed E-state index contributed by atoms with van der Waals surface area (Å²) < 4.78 is 10.3. The first-order valence-corrected chi connectivity index (χ1v) is 6.43. The van der Waals surface area contributed by atoms with Gasteiger partial charge in [0, 0.05) is 12.0 Å². The number of aryl methyl sites for hydroxylation is 1. The monoisotopic (exact) mass is 292 g/mol. The summed E-state index contributed by atoms with van der Waals surface area (Å²) in [5.41, 5.74) is 5.87. The van der Waals surface area contributed by atoms with E-state index in [0.717, 1.165) is 5.56 Å². The van der Waals surface area contributed by atoms with Crippen molar-refractivity contribution in [2.45, 2.75) is 19.8 Å². The molecule has 6 heteroatoms. The molecule has 0 unspecified atom stereocenters. The number of nitrogens with one attached hydrogen (secondary N) is 2. The van der Waals surface area contributed by atoms with Crippen LogP contribution in [0.1, 0.15) is 18.9 Å². The average molecular weight is 292 g/mol. The molecule has 1 rings (SSSR count). The van der Waals surface area contributed by atoms with Gasteiger partial charge in [0.1, 0.15) is 0 Å². The summed E-state index contributed by atoms with van der Waals surface area (Å²) in [5.74, 6) is 0.569. The highest BCUT2D eigenvalue weighted by Gasteiger charge is 2.08. The molecule has 0 atom stereocenters. The SMILES string of the molecule is C=C(C)C(=O)NNC(=O)CCc1ccc(OC)c(OC)c1. The van der Waals surface area contributed by atoms with Gasteiger partial charge in [-0.05, 0) is 31.0 Å². The Hall–Kier alpha value is -2.50. The van der Waals surface area contributed by atoms with Gasteiger partial charge >= 0.3 is 0 Å². The van der Waals surface area contributed by atoms with Crippen molar-refractivity contribution >= 4 is 11.8 Å². The summed E-state index contributed by atoms with van der Waals surface area (Å²) in [6.45, 7) is 5.03. The fraction of sp³-hybridized carbons (Fsp3) is 0.333. The highest BCUT2D eigenvalue weighted by molar-refractivity contribution is 5.93. The number of carbonyl (C=O) groups excluding carboxylic acids is 2. The largest absolute Gasteiger partial charge is 0.493 e. The summed E-state index contributed by atoms with van der Waals surface area (Å²) in [6.07, 6.45) is 0.765. The molecule has 0 aliphatic heterocycles. The van der Waals surface area contributed by atoms with Gasteiger partial charge in [-0.25, -0.2) is 0 Å². The molecular weight excluding hydrogens is 272 g/mol. The number of rotatable bonds is 6. The van der Waals surface area contributed by atoms with Crippen molar-refractivity contribution in [2.24, 2.45) is 0 Å². The minimum atomic E-state index is -0.408. The first-order valence-electron chi connectivity index (χ1n) is 6.43. The van der Waals surface area contributed by atoms with Crippen LogP contribution in [0, 0.1) is 0 Å². The van der Waals surface area contributed by atoms with Crippen LogP contribution in [-0.2, 0) is 16.0 Å². The molecule has 0 heterocycles. The standard InChI is InChI=1S/C15H20N2O4/c1-10(2)15(19)17-16-14(18)8-6-11-5-7-12(20-3)13(9-11)21-4/h5,7,9H,1,6,8H2,2-4H3,(H,16,18)(H,17,19). The Balaban J connectivity index is 2.49. The van der Waals surface area contributed by atoms with Crippen molar-refractivity contribution in [1.82, 2.24) is 10.9 Å². The van der Waals surface area contributed by atoms with Gasteiger partial charge in [-0.3, -0.25) is 20.4 Å². The van der Waals surface area contributed by atoms with Gasteiger partial charge in [-0.1, -0.05) is 12.6 Å². The summed E-state index contributed by atoms with van der Waals surface area (Å²) in [6, 6.07) is 5.47. The third kappa shape index (κ3) is 5.18. The number of amides is 2. The number of carbonyl (C=O) groups is 2. The van der Waals surface area contributed by atoms with Crippen LogP contribution in [0.5, 0.6) is 11.5 Å². The third-order valence-electron chi connectivity index (χ3n) is 2.79. The number of hydrogen-bond acceptors (Lipinski definition) is 4. The maximum absolute atomic E-state index is 11.6. The van der Waals surface area contributed by atoms with Crippen LogP contribution in [0.25, 0.3) is 0 Å². The molecule has 0 aromatic heterocycles. The van der Waals surface area contributed by atoms with Gasteiger partial charge in [0.2, 0.25) is 5.91 Å². The van der Waals surface area contributed by atoms with Crippen molar-refractivity contribution in [3.8, 4) is 11.5 Å². The van der Waals surface area contributed by atoms with Crippen LogP contribution in [-0.4, -0.2) is 26.0 Å². The third-order valence-corrected chi connectivity index (χ3v) is 2.79. The molecule has 1 aromatic carbocycles. The number of methoxy groups -OCH3 is 2. The lowest BCUT2D eigenvalue weighted by Gasteiger charge is -2.10. The molecule has 114 valence electrons. The van der Waals surface area contributed by atoms with Gasteiger partial charge in [0.05, 0.1) is 14.2 Å². The van der Waals surface area contributed by atoms with E-state index in [9.17, 15) is 9.59 Å². The Labute approximate surface area is 124 Å². The zero-order valence-corrected chi connectivity index (χ0v) is 12.5. The predicted molar refractivity (Wildman–Crippen MR) is 79.0 cm³/mol. The Morgan fingerprint density at radius 2 is 1.81 bits per heavy atom. The van der Waals surface area contributed by atoms with Crippen molar-refractivity contribution in [3.63, 3.8) is 0 Å². The maximum Gasteiger partial charge on any atom is 0.264 e. The van der Waals surface area contributed by atoms with E-state index in [0.29, 0.717) is 23.5 Å². The van der Waals surface area contributed by atoms with Gasteiger partial charge in [0.15, 0.2) is 11.5 Å². The van der Waals surface area contributed by atoms with Crippen molar-refractivity contribution in [1.29, 1.82) is 0 Å².